The molecule has 0 atom stereocenters. The van der Waals surface area contributed by atoms with Crippen molar-refractivity contribution in [1.82, 2.24) is 51.9 Å². The summed E-state index contributed by atoms with van der Waals surface area (Å²) in [7, 11) is -2.29. The van der Waals surface area contributed by atoms with Crippen molar-refractivity contribution in [3.05, 3.63) is 11.6 Å². The molecular formula is C12H16N14S. The minimum atomic E-state index is -2.29. The van der Waals surface area contributed by atoms with Crippen molar-refractivity contribution in [2.45, 2.75) is 12.8 Å². The van der Waals surface area contributed by atoms with Gasteiger partial charge in [-0.1, -0.05) is 0 Å². The van der Waals surface area contributed by atoms with Crippen LogP contribution in [0, 0.1) is 0 Å². The summed E-state index contributed by atoms with van der Waals surface area (Å²) in [6, 6.07) is 0. The maximum Gasteiger partial charge on any atom is 0.226 e. The third-order valence-corrected chi connectivity index (χ3v) is 7.13. The zero-order valence-corrected chi connectivity index (χ0v) is 14.9. The van der Waals surface area contributed by atoms with Crippen molar-refractivity contribution in [2.24, 2.45) is 19.6 Å². The normalized spacial score (nSPS) is 22.7. The van der Waals surface area contributed by atoms with Crippen LogP contribution in [0.1, 0.15) is 24.5 Å². The number of H-pyrrole nitrogens is 2. The van der Waals surface area contributed by atoms with Crippen LogP contribution in [0.3, 0.4) is 0 Å². The summed E-state index contributed by atoms with van der Waals surface area (Å²) in [5, 5.41) is 41.4. The number of aromatic amines is 2. The standard InChI is InChI=1S/C12H16N14S/c1-3-13-11(14-4-1)27(12-15-5-2-6-16-12)8(10-20-24-25-21-10)7(17-26-27)9-18-22-23-19-9/h1-6H2,(H,13,14)(H,15,16)(H,18,19,22,23)(H,20,21,24,25). The van der Waals surface area contributed by atoms with Crippen molar-refractivity contribution >= 4 is 31.2 Å². The average Bonchev–Trinajstić information content (AvgIpc) is 3.49. The molecule has 0 radical (unpaired) electrons. The predicted molar refractivity (Wildman–Crippen MR) is 97.5 cm³/mol. The Hall–Kier alpha value is -3.23. The zero-order valence-electron chi connectivity index (χ0n) is 14.1. The van der Waals surface area contributed by atoms with Gasteiger partial charge < -0.3 is 10.6 Å². The lowest BCUT2D eigenvalue weighted by Gasteiger charge is -2.37. The summed E-state index contributed by atoms with van der Waals surface area (Å²) < 4.78 is 4.69. The molecule has 0 aliphatic carbocycles. The number of hydrogen-bond acceptors (Lipinski definition) is 12. The van der Waals surface area contributed by atoms with Crippen LogP contribution in [0.25, 0.3) is 10.6 Å². The Labute approximate surface area is 154 Å². The molecule has 3 aliphatic rings. The van der Waals surface area contributed by atoms with Crippen molar-refractivity contribution in [3.63, 3.8) is 0 Å². The molecule has 0 spiro atoms. The van der Waals surface area contributed by atoms with Gasteiger partial charge in [-0.15, -0.1) is 30.0 Å². The van der Waals surface area contributed by atoms with E-state index in [4.69, 9.17) is 14.5 Å². The van der Waals surface area contributed by atoms with Gasteiger partial charge >= 0.3 is 0 Å². The largest absolute Gasteiger partial charge is 0.364 e. The molecule has 140 valence electrons. The number of rotatable bonds is 2. The molecule has 27 heavy (non-hydrogen) atoms. The van der Waals surface area contributed by atoms with Gasteiger partial charge in [0.15, 0.2) is 16.0 Å². The van der Waals surface area contributed by atoms with E-state index < -0.39 is 10.2 Å². The summed E-state index contributed by atoms with van der Waals surface area (Å²) in [5.74, 6) is 0.667. The van der Waals surface area contributed by atoms with Crippen LogP contribution in [0.2, 0.25) is 0 Å². The summed E-state index contributed by atoms with van der Waals surface area (Å²) in [6.07, 6.45) is 1.91. The summed E-state index contributed by atoms with van der Waals surface area (Å²) in [4.78, 5) is 10.1. The molecule has 0 aromatic carbocycles. The zero-order chi connectivity index (χ0) is 18.1. The average molecular weight is 388 g/mol. The van der Waals surface area contributed by atoms with E-state index in [0.717, 1.165) is 36.3 Å². The Morgan fingerprint density at radius 1 is 0.778 bits per heavy atom. The highest BCUT2D eigenvalue weighted by Crippen LogP contribution is 2.67. The first-order valence-electron chi connectivity index (χ1n) is 8.44. The van der Waals surface area contributed by atoms with Gasteiger partial charge in [0.2, 0.25) is 11.6 Å². The third kappa shape index (κ3) is 2.49. The Morgan fingerprint density at radius 2 is 1.41 bits per heavy atom. The van der Waals surface area contributed by atoms with Crippen LogP contribution >= 0.6 is 10.2 Å². The maximum atomic E-state index is 4.72. The van der Waals surface area contributed by atoms with E-state index in [2.05, 4.69) is 57.0 Å². The van der Waals surface area contributed by atoms with Crippen LogP contribution in [-0.2, 0) is 0 Å². The van der Waals surface area contributed by atoms with E-state index in [0.29, 0.717) is 35.3 Å². The van der Waals surface area contributed by atoms with Gasteiger partial charge in [0.05, 0.1) is 0 Å². The summed E-state index contributed by atoms with van der Waals surface area (Å²) in [6.45, 7) is 3.01. The van der Waals surface area contributed by atoms with Gasteiger partial charge in [0.25, 0.3) is 0 Å². The fourth-order valence-electron chi connectivity index (χ4n) is 3.01. The van der Waals surface area contributed by atoms with Crippen molar-refractivity contribution < 1.29 is 0 Å². The number of aliphatic imine (C=N–C) groups is 2. The van der Waals surface area contributed by atoms with Crippen LogP contribution in [-0.4, -0.2) is 77.8 Å². The lowest BCUT2D eigenvalue weighted by molar-refractivity contribution is 0.746. The van der Waals surface area contributed by atoms with E-state index in [1.54, 1.807) is 0 Å². The smallest absolute Gasteiger partial charge is 0.226 e. The predicted octanol–water partition coefficient (Wildman–Crippen LogP) is -0.577. The molecule has 2 aromatic heterocycles. The highest BCUT2D eigenvalue weighted by molar-refractivity contribution is 8.61. The molecule has 5 heterocycles. The molecule has 0 amide bonds. The summed E-state index contributed by atoms with van der Waals surface area (Å²) >= 11 is 0. The van der Waals surface area contributed by atoms with E-state index >= 15 is 0 Å². The second kappa shape index (κ2) is 6.49. The molecule has 2 aromatic rings. The molecule has 5 rings (SSSR count). The molecule has 15 heteroatoms. The first-order chi connectivity index (χ1) is 13.4. The Bertz CT molecular complexity index is 913. The number of hydrogen-bond donors (Lipinski definition) is 4. The lowest BCUT2D eigenvalue weighted by atomic mass is 10.3. The van der Waals surface area contributed by atoms with Gasteiger partial charge in [0, 0.05) is 36.4 Å². The highest BCUT2D eigenvalue weighted by atomic mass is 32.3. The fourth-order valence-corrected chi connectivity index (χ4v) is 5.96. The molecule has 0 unspecified atom stereocenters. The molecule has 0 fully saturated rings. The minimum absolute atomic E-state index is 0.306. The van der Waals surface area contributed by atoms with Crippen LogP contribution in [0.5, 0.6) is 0 Å². The third-order valence-electron chi connectivity index (χ3n) is 4.17. The molecule has 3 aliphatic heterocycles. The van der Waals surface area contributed by atoms with Crippen LogP contribution < -0.4 is 10.6 Å². The summed E-state index contributed by atoms with van der Waals surface area (Å²) in [5.41, 5.74) is 0.435. The molecule has 14 nitrogen and oxygen atoms in total. The Balaban J connectivity index is 1.78. The van der Waals surface area contributed by atoms with Gasteiger partial charge in [-0.25, -0.2) is 0 Å². The number of tetrazole rings is 2. The highest BCUT2D eigenvalue weighted by Gasteiger charge is 2.49. The molecule has 0 bridgehead atoms. The van der Waals surface area contributed by atoms with Crippen LogP contribution in [0.15, 0.2) is 19.6 Å². The Kier molecular flexibility index (Phi) is 3.84. The monoisotopic (exact) mass is 388 g/mol. The first kappa shape index (κ1) is 16.0. The van der Waals surface area contributed by atoms with E-state index in [9.17, 15) is 0 Å². The van der Waals surface area contributed by atoms with Gasteiger partial charge in [0.1, 0.15) is 4.91 Å². The quantitative estimate of drug-likeness (QED) is 0.527. The van der Waals surface area contributed by atoms with Crippen molar-refractivity contribution in [2.75, 3.05) is 26.2 Å². The molecule has 0 saturated heterocycles. The van der Waals surface area contributed by atoms with Crippen molar-refractivity contribution in [3.8, 4) is 0 Å². The minimum Gasteiger partial charge on any atom is -0.364 e. The number of nitrogens with one attached hydrogen (secondary N) is 4. The van der Waals surface area contributed by atoms with E-state index in [-0.39, 0.29) is 0 Å². The second-order valence-electron chi connectivity index (χ2n) is 5.84. The SMILES string of the molecule is C1CN=C(S2(C3=NCCCN3)N=NC(c3nn[nH]n3)=C2c2nn[nH]n2)NC1. The molecule has 4 N–H and O–H groups in total. The lowest BCUT2D eigenvalue weighted by Crippen LogP contribution is -2.42. The van der Waals surface area contributed by atoms with Crippen LogP contribution in [0.4, 0.5) is 0 Å². The Morgan fingerprint density at radius 3 is 1.93 bits per heavy atom. The number of aromatic nitrogens is 8. The van der Waals surface area contributed by atoms with Crippen molar-refractivity contribution in [1.29, 1.82) is 0 Å². The van der Waals surface area contributed by atoms with Gasteiger partial charge in [-0.05, 0) is 23.3 Å². The van der Waals surface area contributed by atoms with Gasteiger partial charge in [-0.3, -0.25) is 9.98 Å². The number of amidine groups is 2. The first-order valence-corrected chi connectivity index (χ1v) is 10.0. The number of nitrogens with zero attached hydrogens (tertiary/aromatic N) is 10. The topological polar surface area (TPSA) is 182 Å². The molecular weight excluding hydrogens is 372 g/mol. The maximum absolute atomic E-state index is 4.72. The van der Waals surface area contributed by atoms with E-state index in [1.807, 2.05) is 0 Å². The molecule has 0 saturated carbocycles. The second-order valence-corrected chi connectivity index (χ2v) is 8.35. The fraction of sp³-hybridized carbons (Fsp3) is 0.500. The van der Waals surface area contributed by atoms with E-state index in [1.165, 1.54) is 0 Å². The van der Waals surface area contributed by atoms with Gasteiger partial charge in [-0.2, -0.15) is 10.4 Å².